The van der Waals surface area contributed by atoms with E-state index in [9.17, 15) is 13.2 Å². The first-order valence-corrected chi connectivity index (χ1v) is 7.56. The maximum Gasteiger partial charge on any atom is 0.485 e. The second-order valence-corrected chi connectivity index (χ2v) is 5.95. The van der Waals surface area contributed by atoms with Gasteiger partial charge in [0.1, 0.15) is 0 Å². The normalized spacial score (nSPS) is 11.4. The van der Waals surface area contributed by atoms with Crippen molar-refractivity contribution in [1.29, 1.82) is 0 Å². The summed E-state index contributed by atoms with van der Waals surface area (Å²) in [6.07, 6.45) is -4.53. The molecule has 0 saturated heterocycles. The average Bonchev–Trinajstić information content (AvgIpc) is 2.48. The minimum atomic E-state index is -4.53. The Bertz CT molecular complexity index is 764. The fourth-order valence-electron chi connectivity index (χ4n) is 2.59. The Morgan fingerprint density at radius 3 is 2.25 bits per heavy atom. The summed E-state index contributed by atoms with van der Waals surface area (Å²) in [6, 6.07) is 10.4. The third-order valence-electron chi connectivity index (χ3n) is 4.15. The zero-order valence-corrected chi connectivity index (χ0v) is 14.0. The largest absolute Gasteiger partial charge is 0.485 e. The fourth-order valence-corrected chi connectivity index (χ4v) is 2.59. The first kappa shape index (κ1) is 17.9. The predicted octanol–water partition coefficient (Wildman–Crippen LogP) is 5.19. The van der Waals surface area contributed by atoms with Crippen LogP contribution in [0.4, 0.5) is 18.9 Å². The van der Waals surface area contributed by atoms with E-state index in [1.54, 1.807) is 57.2 Å². The highest BCUT2D eigenvalue weighted by atomic mass is 19.4. The Morgan fingerprint density at radius 1 is 1.04 bits per heavy atom. The highest BCUT2D eigenvalue weighted by molar-refractivity contribution is 5.69. The van der Waals surface area contributed by atoms with Gasteiger partial charge < -0.3 is 5.73 Å². The van der Waals surface area contributed by atoms with E-state index in [0.717, 1.165) is 11.1 Å². The molecule has 0 heterocycles. The summed E-state index contributed by atoms with van der Waals surface area (Å²) in [6.45, 7) is 8.73. The minimum Gasteiger partial charge on any atom is -0.399 e. The SMILES string of the molecule is C=C(c1cc(C)c(N)cc1C)N(Cc1ccccc1C)C(F)(F)F. The van der Waals surface area contributed by atoms with E-state index < -0.39 is 6.30 Å². The Labute approximate surface area is 140 Å². The van der Waals surface area contributed by atoms with Gasteiger partial charge >= 0.3 is 6.30 Å². The molecule has 0 bridgehead atoms. The van der Waals surface area contributed by atoms with Crippen LogP contribution in [0.25, 0.3) is 5.70 Å². The van der Waals surface area contributed by atoms with E-state index in [4.69, 9.17) is 5.73 Å². The summed E-state index contributed by atoms with van der Waals surface area (Å²) in [4.78, 5) is 0.382. The van der Waals surface area contributed by atoms with Gasteiger partial charge in [-0.2, -0.15) is 13.2 Å². The topological polar surface area (TPSA) is 29.3 Å². The van der Waals surface area contributed by atoms with Gasteiger partial charge in [0.25, 0.3) is 0 Å². The third kappa shape index (κ3) is 3.72. The highest BCUT2D eigenvalue weighted by Gasteiger charge is 2.39. The zero-order chi connectivity index (χ0) is 18.1. The third-order valence-corrected chi connectivity index (χ3v) is 4.15. The quantitative estimate of drug-likeness (QED) is 0.616. The van der Waals surface area contributed by atoms with Crippen LogP contribution in [-0.4, -0.2) is 11.2 Å². The van der Waals surface area contributed by atoms with Gasteiger partial charge in [0.2, 0.25) is 0 Å². The Hall–Kier alpha value is -2.43. The van der Waals surface area contributed by atoms with E-state index >= 15 is 0 Å². The van der Waals surface area contributed by atoms with Gasteiger partial charge in [0.05, 0.1) is 6.54 Å². The molecule has 0 unspecified atom stereocenters. The van der Waals surface area contributed by atoms with Crippen LogP contribution in [-0.2, 0) is 6.54 Å². The molecule has 0 aliphatic carbocycles. The summed E-state index contributed by atoms with van der Waals surface area (Å²) in [5, 5.41) is 0. The Balaban J connectivity index is 2.44. The molecule has 0 saturated carbocycles. The number of benzene rings is 2. The molecule has 0 fully saturated rings. The molecule has 0 aromatic heterocycles. The standard InChI is InChI=1S/C19H21F3N2/c1-12-7-5-6-8-16(12)11-24(19(20,21)22)15(4)17-9-14(3)18(23)10-13(17)2/h5-10H,4,11,23H2,1-3H3. The van der Waals surface area contributed by atoms with Gasteiger partial charge in [-0.1, -0.05) is 30.8 Å². The molecule has 2 aromatic rings. The maximum atomic E-state index is 13.6. The van der Waals surface area contributed by atoms with Gasteiger partial charge in [-0.3, -0.25) is 4.90 Å². The molecule has 0 aliphatic heterocycles. The molecule has 2 rings (SSSR count). The lowest BCUT2D eigenvalue weighted by atomic mass is 10.0. The van der Waals surface area contributed by atoms with Crippen LogP contribution in [0.1, 0.15) is 27.8 Å². The number of anilines is 1. The van der Waals surface area contributed by atoms with Gasteiger partial charge in [-0.15, -0.1) is 0 Å². The molecule has 128 valence electrons. The summed E-state index contributed by atoms with van der Waals surface area (Å²) in [5.74, 6) is 0. The monoisotopic (exact) mass is 334 g/mol. The number of nitrogens with two attached hydrogens (primary N) is 1. The number of alkyl halides is 3. The average molecular weight is 334 g/mol. The number of halogens is 3. The van der Waals surface area contributed by atoms with Crippen molar-refractivity contribution >= 4 is 11.4 Å². The van der Waals surface area contributed by atoms with Crippen LogP contribution in [0, 0.1) is 20.8 Å². The number of hydrogen-bond donors (Lipinski definition) is 1. The van der Waals surface area contributed by atoms with Crippen molar-refractivity contribution < 1.29 is 13.2 Å². The van der Waals surface area contributed by atoms with E-state index in [1.807, 2.05) is 0 Å². The molecule has 24 heavy (non-hydrogen) atoms. The summed E-state index contributed by atoms with van der Waals surface area (Å²) >= 11 is 0. The lowest BCUT2D eigenvalue weighted by Gasteiger charge is -2.30. The van der Waals surface area contributed by atoms with Crippen LogP contribution in [0.5, 0.6) is 0 Å². The van der Waals surface area contributed by atoms with Crippen LogP contribution >= 0.6 is 0 Å². The van der Waals surface area contributed by atoms with Crippen molar-refractivity contribution in [2.24, 2.45) is 0 Å². The molecular formula is C19H21F3N2. The van der Waals surface area contributed by atoms with Crippen molar-refractivity contribution in [2.75, 3.05) is 5.73 Å². The van der Waals surface area contributed by atoms with Gasteiger partial charge in [0.15, 0.2) is 0 Å². The first-order chi connectivity index (χ1) is 11.1. The molecular weight excluding hydrogens is 313 g/mol. The molecule has 2 aromatic carbocycles. The molecule has 0 amide bonds. The van der Waals surface area contributed by atoms with E-state index in [-0.39, 0.29) is 12.2 Å². The van der Waals surface area contributed by atoms with Crippen molar-refractivity contribution in [3.63, 3.8) is 0 Å². The van der Waals surface area contributed by atoms with E-state index in [2.05, 4.69) is 6.58 Å². The van der Waals surface area contributed by atoms with Gasteiger partial charge in [0, 0.05) is 16.9 Å². The second kappa shape index (κ2) is 6.59. The Morgan fingerprint density at radius 2 is 1.67 bits per heavy atom. The predicted molar refractivity (Wildman–Crippen MR) is 92.1 cm³/mol. The summed E-state index contributed by atoms with van der Waals surface area (Å²) in [7, 11) is 0. The zero-order valence-electron chi connectivity index (χ0n) is 14.0. The van der Waals surface area contributed by atoms with Gasteiger partial charge in [-0.25, -0.2) is 0 Å². The number of nitrogens with zero attached hydrogens (tertiary/aromatic N) is 1. The van der Waals surface area contributed by atoms with Crippen molar-refractivity contribution in [1.82, 2.24) is 4.90 Å². The molecule has 2 N–H and O–H groups in total. The van der Waals surface area contributed by atoms with Crippen molar-refractivity contribution in [3.05, 3.63) is 70.8 Å². The summed E-state index contributed by atoms with van der Waals surface area (Å²) < 4.78 is 40.9. The molecule has 0 atom stereocenters. The Kier molecular flexibility index (Phi) is 4.92. The number of rotatable bonds is 4. The van der Waals surface area contributed by atoms with Crippen LogP contribution in [0.3, 0.4) is 0 Å². The van der Waals surface area contributed by atoms with Gasteiger partial charge in [-0.05, 0) is 55.2 Å². The van der Waals surface area contributed by atoms with Crippen LogP contribution in [0.2, 0.25) is 0 Å². The fraction of sp³-hybridized carbons (Fsp3) is 0.263. The lowest BCUT2D eigenvalue weighted by Crippen LogP contribution is -2.36. The molecule has 2 nitrogen and oxygen atoms in total. The highest BCUT2D eigenvalue weighted by Crippen LogP contribution is 2.34. The molecule has 0 spiro atoms. The maximum absolute atomic E-state index is 13.6. The molecule has 0 aliphatic rings. The van der Waals surface area contributed by atoms with Crippen LogP contribution < -0.4 is 5.73 Å². The van der Waals surface area contributed by atoms with Crippen LogP contribution in [0.15, 0.2) is 43.0 Å². The first-order valence-electron chi connectivity index (χ1n) is 7.56. The lowest BCUT2D eigenvalue weighted by molar-refractivity contribution is -0.225. The number of aryl methyl sites for hydroxylation is 3. The second-order valence-electron chi connectivity index (χ2n) is 5.95. The van der Waals surface area contributed by atoms with E-state index in [0.29, 0.717) is 27.3 Å². The minimum absolute atomic E-state index is 0.0775. The van der Waals surface area contributed by atoms with E-state index in [1.165, 1.54) is 0 Å². The number of nitrogen functional groups attached to an aromatic ring is 1. The van der Waals surface area contributed by atoms with Crippen molar-refractivity contribution in [3.8, 4) is 0 Å². The number of hydrogen-bond acceptors (Lipinski definition) is 2. The molecule has 0 radical (unpaired) electrons. The molecule has 5 heteroatoms. The van der Waals surface area contributed by atoms with Crippen molar-refractivity contribution in [2.45, 2.75) is 33.6 Å². The summed E-state index contributed by atoms with van der Waals surface area (Å²) in [5.41, 5.74) is 9.58. The smallest absolute Gasteiger partial charge is 0.399 e.